The molecule has 104 valence electrons. The van der Waals surface area contributed by atoms with Crippen molar-refractivity contribution in [1.82, 2.24) is 10.6 Å². The fourth-order valence-electron chi connectivity index (χ4n) is 1.49. The van der Waals surface area contributed by atoms with Crippen molar-refractivity contribution in [3.05, 3.63) is 35.4 Å². The first-order chi connectivity index (χ1) is 9.09. The quantitative estimate of drug-likeness (QED) is 0.487. The molecule has 0 aliphatic rings. The molecule has 4 N–H and O–H groups in total. The summed E-state index contributed by atoms with van der Waals surface area (Å²) >= 11 is 0. The summed E-state index contributed by atoms with van der Waals surface area (Å²) in [5, 5.41) is 23.4. The molecule has 0 saturated carbocycles. The zero-order valence-electron chi connectivity index (χ0n) is 10.6. The van der Waals surface area contributed by atoms with Crippen molar-refractivity contribution in [2.24, 2.45) is 0 Å². The van der Waals surface area contributed by atoms with E-state index >= 15 is 0 Å². The summed E-state index contributed by atoms with van der Waals surface area (Å²) in [5.41, 5.74) is 1.29. The molecule has 1 aromatic rings. The van der Waals surface area contributed by atoms with Gasteiger partial charge in [-0.3, -0.25) is 4.79 Å². The first-order valence-corrected chi connectivity index (χ1v) is 6.05. The van der Waals surface area contributed by atoms with Gasteiger partial charge in [0, 0.05) is 26.2 Å². The van der Waals surface area contributed by atoms with Crippen LogP contribution in [-0.2, 0) is 11.3 Å². The zero-order valence-corrected chi connectivity index (χ0v) is 10.6. The largest absolute Gasteiger partial charge is 0.481 e. The highest BCUT2D eigenvalue weighted by molar-refractivity contribution is 5.87. The van der Waals surface area contributed by atoms with Crippen LogP contribution < -0.4 is 10.6 Å². The van der Waals surface area contributed by atoms with E-state index in [1.807, 2.05) is 0 Å². The second-order valence-corrected chi connectivity index (χ2v) is 4.07. The fraction of sp³-hybridized carbons (Fsp3) is 0.385. The smallest absolute Gasteiger partial charge is 0.335 e. The normalized spacial score (nSPS) is 10.3. The molecule has 0 radical (unpaired) electrons. The molecular weight excluding hydrogens is 248 g/mol. The Morgan fingerprint density at radius 2 is 1.58 bits per heavy atom. The van der Waals surface area contributed by atoms with E-state index in [2.05, 4.69) is 10.6 Å². The van der Waals surface area contributed by atoms with Crippen LogP contribution in [0.3, 0.4) is 0 Å². The minimum Gasteiger partial charge on any atom is -0.481 e. The predicted octanol–water partition coefficient (Wildman–Crippen LogP) is 0.539. The third kappa shape index (κ3) is 6.54. The van der Waals surface area contributed by atoms with Gasteiger partial charge in [0.15, 0.2) is 0 Å². The first kappa shape index (κ1) is 15.1. The van der Waals surface area contributed by atoms with Crippen molar-refractivity contribution >= 4 is 11.9 Å². The Kier molecular flexibility index (Phi) is 6.56. The summed E-state index contributed by atoms with van der Waals surface area (Å²) < 4.78 is 0. The second kappa shape index (κ2) is 8.23. The molecule has 0 amide bonds. The van der Waals surface area contributed by atoms with E-state index < -0.39 is 11.9 Å². The first-order valence-electron chi connectivity index (χ1n) is 6.05. The molecule has 1 aromatic carbocycles. The minimum absolute atomic E-state index is 0.122. The molecule has 0 aliphatic carbocycles. The molecule has 0 saturated heterocycles. The number of carboxylic acid groups (broad SMARTS) is 2. The summed E-state index contributed by atoms with van der Waals surface area (Å²) in [4.78, 5) is 20.9. The van der Waals surface area contributed by atoms with Gasteiger partial charge in [-0.1, -0.05) is 12.1 Å². The van der Waals surface area contributed by atoms with E-state index in [0.717, 1.165) is 12.1 Å². The van der Waals surface area contributed by atoms with E-state index in [1.165, 1.54) is 0 Å². The number of aromatic carboxylic acids is 1. The van der Waals surface area contributed by atoms with E-state index in [4.69, 9.17) is 10.2 Å². The summed E-state index contributed by atoms with van der Waals surface area (Å²) in [6.45, 7) is 2.53. The molecule has 0 aromatic heterocycles. The van der Waals surface area contributed by atoms with Gasteiger partial charge in [0.25, 0.3) is 0 Å². The van der Waals surface area contributed by atoms with Crippen LogP contribution >= 0.6 is 0 Å². The number of carboxylic acids is 2. The van der Waals surface area contributed by atoms with E-state index in [9.17, 15) is 9.59 Å². The van der Waals surface area contributed by atoms with Crippen molar-refractivity contribution in [1.29, 1.82) is 0 Å². The average molecular weight is 266 g/mol. The molecule has 0 bridgehead atoms. The Balaban J connectivity index is 2.12. The van der Waals surface area contributed by atoms with Gasteiger partial charge in [-0.05, 0) is 17.7 Å². The van der Waals surface area contributed by atoms with Gasteiger partial charge >= 0.3 is 11.9 Å². The maximum absolute atomic E-state index is 10.7. The number of carbonyl (C=O) groups is 2. The molecule has 0 aliphatic heterocycles. The van der Waals surface area contributed by atoms with E-state index in [0.29, 0.717) is 19.6 Å². The Labute approximate surface area is 111 Å². The monoisotopic (exact) mass is 266 g/mol. The Bertz CT molecular complexity index is 417. The van der Waals surface area contributed by atoms with Crippen LogP contribution in [0.1, 0.15) is 22.3 Å². The number of hydrogen-bond acceptors (Lipinski definition) is 4. The van der Waals surface area contributed by atoms with Crippen LogP contribution in [-0.4, -0.2) is 41.8 Å². The molecule has 0 heterocycles. The molecular formula is C13H18N2O4. The summed E-state index contributed by atoms with van der Waals surface area (Å²) in [6, 6.07) is 6.69. The van der Waals surface area contributed by atoms with Crippen LogP contribution in [0.25, 0.3) is 0 Å². The molecule has 0 fully saturated rings. The van der Waals surface area contributed by atoms with Crippen LogP contribution in [0.2, 0.25) is 0 Å². The molecule has 0 atom stereocenters. The minimum atomic E-state index is -0.929. The fourth-order valence-corrected chi connectivity index (χ4v) is 1.49. The molecule has 6 heteroatoms. The summed E-state index contributed by atoms with van der Waals surface area (Å²) in [7, 11) is 0. The topological polar surface area (TPSA) is 98.7 Å². The Hall–Kier alpha value is -1.92. The number of hydrogen-bond donors (Lipinski definition) is 4. The zero-order chi connectivity index (χ0) is 14.1. The van der Waals surface area contributed by atoms with Crippen LogP contribution in [0.5, 0.6) is 0 Å². The van der Waals surface area contributed by atoms with Gasteiger partial charge in [-0.2, -0.15) is 0 Å². The van der Waals surface area contributed by atoms with E-state index in [1.54, 1.807) is 24.3 Å². The lowest BCUT2D eigenvalue weighted by Gasteiger charge is -2.06. The maximum atomic E-state index is 10.7. The van der Waals surface area contributed by atoms with Gasteiger partial charge in [0.1, 0.15) is 0 Å². The SMILES string of the molecule is O=C(O)CCNCCNCc1ccc(C(=O)O)cc1. The van der Waals surface area contributed by atoms with Crippen molar-refractivity contribution in [2.75, 3.05) is 19.6 Å². The lowest BCUT2D eigenvalue weighted by atomic mass is 10.1. The molecule has 19 heavy (non-hydrogen) atoms. The van der Waals surface area contributed by atoms with Crippen molar-refractivity contribution in [3.63, 3.8) is 0 Å². The highest BCUT2D eigenvalue weighted by Gasteiger charge is 2.01. The van der Waals surface area contributed by atoms with Gasteiger partial charge in [0.05, 0.1) is 12.0 Å². The van der Waals surface area contributed by atoms with Gasteiger partial charge in [-0.25, -0.2) is 4.79 Å². The molecule has 0 spiro atoms. The number of rotatable bonds is 9. The van der Waals surface area contributed by atoms with Crippen LogP contribution in [0.15, 0.2) is 24.3 Å². The van der Waals surface area contributed by atoms with Crippen LogP contribution in [0, 0.1) is 0 Å². The van der Waals surface area contributed by atoms with Crippen LogP contribution in [0.4, 0.5) is 0 Å². The average Bonchev–Trinajstić information content (AvgIpc) is 2.38. The lowest BCUT2D eigenvalue weighted by Crippen LogP contribution is -2.28. The standard InChI is InChI=1S/C13H18N2O4/c16-12(17)5-6-14-7-8-15-9-10-1-3-11(4-2-10)13(18)19/h1-4,14-15H,5-9H2,(H,16,17)(H,18,19). The predicted molar refractivity (Wildman–Crippen MR) is 70.2 cm³/mol. The lowest BCUT2D eigenvalue weighted by molar-refractivity contribution is -0.136. The third-order valence-corrected chi connectivity index (χ3v) is 2.52. The highest BCUT2D eigenvalue weighted by atomic mass is 16.4. The van der Waals surface area contributed by atoms with Crippen molar-refractivity contribution in [3.8, 4) is 0 Å². The number of nitrogens with one attached hydrogen (secondary N) is 2. The van der Waals surface area contributed by atoms with Crippen molar-refractivity contribution < 1.29 is 19.8 Å². The van der Waals surface area contributed by atoms with Gasteiger partial charge in [-0.15, -0.1) is 0 Å². The summed E-state index contributed by atoms with van der Waals surface area (Å²) in [6.07, 6.45) is 0.122. The number of benzene rings is 1. The third-order valence-electron chi connectivity index (χ3n) is 2.52. The Morgan fingerprint density at radius 3 is 2.16 bits per heavy atom. The van der Waals surface area contributed by atoms with Crippen molar-refractivity contribution in [2.45, 2.75) is 13.0 Å². The number of aliphatic carboxylic acids is 1. The molecule has 0 unspecified atom stereocenters. The maximum Gasteiger partial charge on any atom is 0.335 e. The summed E-state index contributed by atoms with van der Waals surface area (Å²) in [5.74, 6) is -1.74. The van der Waals surface area contributed by atoms with Gasteiger partial charge in [0.2, 0.25) is 0 Å². The second-order valence-electron chi connectivity index (χ2n) is 4.07. The molecule has 1 rings (SSSR count). The highest BCUT2D eigenvalue weighted by Crippen LogP contribution is 2.03. The van der Waals surface area contributed by atoms with Gasteiger partial charge < -0.3 is 20.8 Å². The molecule has 6 nitrogen and oxygen atoms in total. The van der Waals surface area contributed by atoms with E-state index in [-0.39, 0.29) is 12.0 Å². The Morgan fingerprint density at radius 1 is 0.947 bits per heavy atom.